The highest BCUT2D eigenvalue weighted by molar-refractivity contribution is 6.06. The molecule has 12 heteroatoms. The van der Waals surface area contributed by atoms with Crippen LogP contribution in [0.4, 0.5) is 26.6 Å². The SMILES string of the molecule is CC(C)(C)c1nc(Nc2ncc3cc(C(=O)Nc4ccccc4F)n(C4CCCC4)c3n2)ccc1OC(=O)N1CCNCC1. The lowest BCUT2D eigenvalue weighted by Gasteiger charge is -2.28. The molecule has 0 bridgehead atoms. The number of hydrogen-bond donors (Lipinski definition) is 3. The number of fused-ring (bicyclic) bond motifs is 1. The molecule has 2 amide bonds. The van der Waals surface area contributed by atoms with E-state index in [4.69, 9.17) is 14.7 Å². The van der Waals surface area contributed by atoms with Gasteiger partial charge in [-0.25, -0.2) is 19.2 Å². The lowest BCUT2D eigenvalue weighted by atomic mass is 9.91. The summed E-state index contributed by atoms with van der Waals surface area (Å²) in [7, 11) is 0. The van der Waals surface area contributed by atoms with E-state index in [2.05, 4.69) is 20.9 Å². The Morgan fingerprint density at radius 1 is 1.05 bits per heavy atom. The van der Waals surface area contributed by atoms with Crippen molar-refractivity contribution in [1.29, 1.82) is 0 Å². The molecular weight excluding hydrogens is 563 g/mol. The van der Waals surface area contributed by atoms with Crippen molar-refractivity contribution in [2.45, 2.75) is 57.9 Å². The van der Waals surface area contributed by atoms with Crippen molar-refractivity contribution < 1.29 is 18.7 Å². The number of piperazine rings is 1. The van der Waals surface area contributed by atoms with Gasteiger partial charge in [0, 0.05) is 49.2 Å². The lowest BCUT2D eigenvalue weighted by molar-refractivity contribution is 0.101. The largest absolute Gasteiger partial charge is 0.415 e. The Morgan fingerprint density at radius 2 is 1.80 bits per heavy atom. The van der Waals surface area contributed by atoms with Gasteiger partial charge < -0.3 is 30.2 Å². The summed E-state index contributed by atoms with van der Waals surface area (Å²) in [6.45, 7) is 8.66. The minimum atomic E-state index is -0.498. The normalized spacial score (nSPS) is 15.9. The summed E-state index contributed by atoms with van der Waals surface area (Å²) in [6, 6.07) is 11.4. The van der Waals surface area contributed by atoms with Crippen LogP contribution < -0.4 is 20.7 Å². The fraction of sp³-hybridized carbons (Fsp3) is 0.406. The summed E-state index contributed by atoms with van der Waals surface area (Å²) in [5, 5.41) is 9.85. The molecule has 4 heterocycles. The number of para-hydroxylation sites is 1. The van der Waals surface area contributed by atoms with Gasteiger partial charge in [0.05, 0.1) is 11.4 Å². The van der Waals surface area contributed by atoms with E-state index in [9.17, 15) is 14.0 Å². The number of ether oxygens (including phenoxy) is 1. The Bertz CT molecular complexity index is 1690. The number of benzene rings is 1. The van der Waals surface area contributed by atoms with Gasteiger partial charge in [-0.1, -0.05) is 45.7 Å². The van der Waals surface area contributed by atoms with Crippen LogP contribution in [0.25, 0.3) is 11.0 Å². The van der Waals surface area contributed by atoms with Crippen molar-refractivity contribution in [2.24, 2.45) is 0 Å². The van der Waals surface area contributed by atoms with Crippen LogP contribution in [0.5, 0.6) is 5.75 Å². The number of pyridine rings is 1. The third-order valence-electron chi connectivity index (χ3n) is 8.00. The number of aromatic nitrogens is 4. The molecule has 2 aliphatic rings. The molecule has 2 fully saturated rings. The molecule has 11 nitrogen and oxygen atoms in total. The lowest BCUT2D eigenvalue weighted by Crippen LogP contribution is -2.47. The molecule has 230 valence electrons. The first-order valence-electron chi connectivity index (χ1n) is 15.1. The van der Waals surface area contributed by atoms with E-state index in [1.165, 1.54) is 12.1 Å². The number of amides is 2. The first-order chi connectivity index (χ1) is 21.2. The molecule has 1 saturated heterocycles. The average Bonchev–Trinajstić information content (AvgIpc) is 3.67. The topological polar surface area (TPSA) is 126 Å². The van der Waals surface area contributed by atoms with Crippen LogP contribution in [0.1, 0.15) is 68.7 Å². The second-order valence-corrected chi connectivity index (χ2v) is 12.3. The standard InChI is InChI=1S/C32H37FN8O3/c1-32(2,3)27-25(44-31(43)40-16-14-34-15-17-40)12-13-26(37-27)38-30-35-19-20-18-24(29(42)36-23-11-7-6-10-22(23)33)41(28(20)39-30)21-8-4-5-9-21/h6-7,10-13,18-19,21,34H,4-5,8-9,14-17H2,1-3H3,(H,36,42)(H,35,37,38,39). The number of rotatable bonds is 6. The molecule has 1 aliphatic carbocycles. The van der Waals surface area contributed by atoms with Crippen molar-refractivity contribution in [3.8, 4) is 5.75 Å². The first-order valence-corrected chi connectivity index (χ1v) is 15.1. The van der Waals surface area contributed by atoms with Gasteiger partial charge >= 0.3 is 6.09 Å². The number of anilines is 3. The number of halogens is 1. The molecule has 0 spiro atoms. The highest BCUT2D eigenvalue weighted by Crippen LogP contribution is 2.36. The van der Waals surface area contributed by atoms with Crippen LogP contribution in [-0.2, 0) is 5.41 Å². The van der Waals surface area contributed by atoms with Crippen molar-refractivity contribution in [2.75, 3.05) is 36.8 Å². The van der Waals surface area contributed by atoms with E-state index in [1.54, 1.807) is 41.4 Å². The van der Waals surface area contributed by atoms with Crippen molar-refractivity contribution in [1.82, 2.24) is 29.7 Å². The third kappa shape index (κ3) is 6.21. The summed E-state index contributed by atoms with van der Waals surface area (Å²) in [5.74, 6) is 0.310. The van der Waals surface area contributed by atoms with Gasteiger partial charge in [-0.05, 0) is 43.2 Å². The third-order valence-corrected chi connectivity index (χ3v) is 8.00. The maximum absolute atomic E-state index is 14.3. The van der Waals surface area contributed by atoms with Gasteiger partial charge in [0.1, 0.15) is 23.0 Å². The number of nitrogens with one attached hydrogen (secondary N) is 3. The fourth-order valence-electron chi connectivity index (χ4n) is 5.78. The number of carbonyl (C=O) groups is 2. The Hall–Kier alpha value is -4.58. The van der Waals surface area contributed by atoms with Crippen molar-refractivity contribution >= 4 is 40.5 Å². The van der Waals surface area contributed by atoms with Crippen LogP contribution >= 0.6 is 0 Å². The zero-order valence-electron chi connectivity index (χ0n) is 25.2. The maximum Gasteiger partial charge on any atom is 0.415 e. The molecule has 3 aromatic heterocycles. The minimum absolute atomic E-state index is 0.0897. The molecule has 1 saturated carbocycles. The molecule has 4 aromatic rings. The van der Waals surface area contributed by atoms with Crippen molar-refractivity contribution in [3.63, 3.8) is 0 Å². The van der Waals surface area contributed by atoms with Gasteiger partial charge in [0.15, 0.2) is 5.75 Å². The van der Waals surface area contributed by atoms with Gasteiger partial charge in [-0.3, -0.25) is 4.79 Å². The molecular formula is C32H37FN8O3. The smallest absolute Gasteiger partial charge is 0.408 e. The molecule has 1 aliphatic heterocycles. The van der Waals surface area contributed by atoms with E-state index in [0.29, 0.717) is 53.0 Å². The quantitative estimate of drug-likeness (QED) is 0.254. The minimum Gasteiger partial charge on any atom is -0.408 e. The molecule has 44 heavy (non-hydrogen) atoms. The predicted octanol–water partition coefficient (Wildman–Crippen LogP) is 5.78. The Kier molecular flexibility index (Phi) is 8.17. The Morgan fingerprint density at radius 3 is 2.52 bits per heavy atom. The molecule has 3 N–H and O–H groups in total. The average molecular weight is 601 g/mol. The van der Waals surface area contributed by atoms with Crippen LogP contribution in [0.3, 0.4) is 0 Å². The van der Waals surface area contributed by atoms with Gasteiger partial charge in [-0.15, -0.1) is 0 Å². The van der Waals surface area contributed by atoms with Gasteiger partial charge in [0.25, 0.3) is 5.91 Å². The highest BCUT2D eigenvalue weighted by atomic mass is 19.1. The number of carbonyl (C=O) groups excluding carboxylic acids is 2. The molecule has 0 atom stereocenters. The Balaban J connectivity index is 1.29. The van der Waals surface area contributed by atoms with E-state index in [0.717, 1.165) is 38.8 Å². The summed E-state index contributed by atoms with van der Waals surface area (Å²) in [6.07, 6.45) is 5.22. The zero-order chi connectivity index (χ0) is 30.8. The predicted molar refractivity (Wildman–Crippen MR) is 166 cm³/mol. The van der Waals surface area contributed by atoms with Crippen LogP contribution in [0.2, 0.25) is 0 Å². The highest BCUT2D eigenvalue weighted by Gasteiger charge is 2.28. The van der Waals surface area contributed by atoms with Gasteiger partial charge in [-0.2, -0.15) is 4.98 Å². The summed E-state index contributed by atoms with van der Waals surface area (Å²) >= 11 is 0. The van der Waals surface area contributed by atoms with Crippen LogP contribution in [0, 0.1) is 5.82 Å². The zero-order valence-corrected chi connectivity index (χ0v) is 25.2. The van der Waals surface area contributed by atoms with Gasteiger partial charge in [0.2, 0.25) is 5.95 Å². The second kappa shape index (κ2) is 12.2. The van der Waals surface area contributed by atoms with E-state index >= 15 is 0 Å². The molecule has 1 aromatic carbocycles. The number of hydrogen-bond acceptors (Lipinski definition) is 8. The molecule has 0 unspecified atom stereocenters. The maximum atomic E-state index is 14.3. The van der Waals surface area contributed by atoms with Crippen LogP contribution in [0.15, 0.2) is 48.7 Å². The molecule has 6 rings (SSSR count). The fourth-order valence-corrected chi connectivity index (χ4v) is 5.78. The van der Waals surface area contributed by atoms with Crippen molar-refractivity contribution in [3.05, 3.63) is 65.9 Å². The van der Waals surface area contributed by atoms with Crippen LogP contribution in [-0.4, -0.2) is 62.6 Å². The monoisotopic (exact) mass is 600 g/mol. The molecule has 0 radical (unpaired) electrons. The Labute approximate surface area is 255 Å². The van der Waals surface area contributed by atoms with E-state index in [1.807, 2.05) is 25.3 Å². The summed E-state index contributed by atoms with van der Waals surface area (Å²) in [5.41, 5.74) is 1.35. The second-order valence-electron chi connectivity index (χ2n) is 12.3. The number of nitrogens with zero attached hydrogens (tertiary/aromatic N) is 5. The summed E-state index contributed by atoms with van der Waals surface area (Å²) in [4.78, 5) is 42.0. The van der Waals surface area contributed by atoms with E-state index < -0.39 is 23.2 Å². The summed E-state index contributed by atoms with van der Waals surface area (Å²) < 4.78 is 22.1. The van der Waals surface area contributed by atoms with E-state index in [-0.39, 0.29) is 11.7 Å². The first kappa shape index (κ1) is 29.5.